The molecule has 4 heterocycles. The lowest BCUT2D eigenvalue weighted by Crippen LogP contribution is -2.58. The highest BCUT2D eigenvalue weighted by Crippen LogP contribution is 2.34. The molecule has 1 unspecified atom stereocenters. The summed E-state index contributed by atoms with van der Waals surface area (Å²) in [5, 5.41) is 6.38. The molecule has 0 saturated carbocycles. The van der Waals surface area contributed by atoms with Crippen LogP contribution in [0.3, 0.4) is 0 Å². The van der Waals surface area contributed by atoms with Gasteiger partial charge in [0.15, 0.2) is 0 Å². The molecule has 9 heteroatoms. The summed E-state index contributed by atoms with van der Waals surface area (Å²) in [6.07, 6.45) is 7.64. The van der Waals surface area contributed by atoms with Crippen molar-refractivity contribution in [2.75, 3.05) is 37.6 Å². The van der Waals surface area contributed by atoms with Crippen LogP contribution in [0.2, 0.25) is 0 Å². The molecule has 46 heavy (non-hydrogen) atoms. The van der Waals surface area contributed by atoms with Crippen LogP contribution < -0.4 is 15.5 Å². The third-order valence-electron chi connectivity index (χ3n) is 10.5. The van der Waals surface area contributed by atoms with E-state index in [-0.39, 0.29) is 23.4 Å². The number of carbonyl (C=O) groups is 2. The number of nitrogens with one attached hydrogen (secondary N) is 2. The van der Waals surface area contributed by atoms with Crippen molar-refractivity contribution in [1.82, 2.24) is 30.4 Å². The molecule has 3 saturated heterocycles. The number of amides is 2. The van der Waals surface area contributed by atoms with Crippen LogP contribution in [0.1, 0.15) is 78.3 Å². The minimum Gasteiger partial charge on any atom is -0.364 e. The zero-order chi connectivity index (χ0) is 32.1. The molecule has 1 aromatic heterocycles. The van der Waals surface area contributed by atoms with E-state index in [9.17, 15) is 9.59 Å². The van der Waals surface area contributed by atoms with Crippen LogP contribution in [0.25, 0.3) is 0 Å². The van der Waals surface area contributed by atoms with Crippen molar-refractivity contribution in [2.24, 2.45) is 0 Å². The number of nitrogens with zero attached hydrogens (tertiary/aromatic N) is 5. The monoisotopic (exact) mass is 623 g/mol. The van der Waals surface area contributed by atoms with Crippen LogP contribution in [0.15, 0.2) is 60.9 Å². The summed E-state index contributed by atoms with van der Waals surface area (Å²) in [6.45, 7) is 12.1. The molecule has 1 atom stereocenters. The van der Waals surface area contributed by atoms with E-state index < -0.39 is 0 Å². The van der Waals surface area contributed by atoms with Crippen molar-refractivity contribution < 1.29 is 9.59 Å². The molecule has 0 aliphatic carbocycles. The molecule has 6 rings (SSSR count). The molecule has 3 aliphatic rings. The smallest absolute Gasteiger partial charge is 0.257 e. The predicted molar refractivity (Wildman–Crippen MR) is 182 cm³/mol. The fourth-order valence-corrected chi connectivity index (χ4v) is 7.52. The highest BCUT2D eigenvalue weighted by Gasteiger charge is 2.40. The molecule has 2 amide bonds. The van der Waals surface area contributed by atoms with Gasteiger partial charge in [-0.2, -0.15) is 0 Å². The van der Waals surface area contributed by atoms with Gasteiger partial charge in [0.1, 0.15) is 6.33 Å². The average molecular weight is 624 g/mol. The number of benzene rings is 2. The molecular formula is C37H49N7O2. The van der Waals surface area contributed by atoms with Gasteiger partial charge in [0.25, 0.3) is 5.91 Å². The predicted octanol–water partition coefficient (Wildman–Crippen LogP) is 4.63. The highest BCUT2D eigenvalue weighted by atomic mass is 16.2. The molecule has 0 spiro atoms. The summed E-state index contributed by atoms with van der Waals surface area (Å²) in [5.74, 6) is 0.160. The Labute approximate surface area is 273 Å². The van der Waals surface area contributed by atoms with Gasteiger partial charge in [-0.25, -0.2) is 9.97 Å². The van der Waals surface area contributed by atoms with Gasteiger partial charge >= 0.3 is 0 Å². The van der Waals surface area contributed by atoms with E-state index >= 15 is 0 Å². The summed E-state index contributed by atoms with van der Waals surface area (Å²) in [4.78, 5) is 41.7. The number of piperidine rings is 2. The van der Waals surface area contributed by atoms with E-state index in [4.69, 9.17) is 0 Å². The molecule has 0 radical (unpaired) electrons. The van der Waals surface area contributed by atoms with Gasteiger partial charge < -0.3 is 20.4 Å². The highest BCUT2D eigenvalue weighted by molar-refractivity contribution is 5.96. The zero-order valence-corrected chi connectivity index (χ0v) is 27.7. The Balaban J connectivity index is 1.07. The minimum atomic E-state index is -0.0540. The Morgan fingerprint density at radius 2 is 1.59 bits per heavy atom. The zero-order valence-electron chi connectivity index (χ0n) is 27.7. The maximum absolute atomic E-state index is 13.4. The molecule has 3 fully saturated rings. The third-order valence-corrected chi connectivity index (χ3v) is 10.5. The van der Waals surface area contributed by atoms with Crippen LogP contribution in [-0.2, 0) is 17.9 Å². The Bertz CT molecular complexity index is 1450. The summed E-state index contributed by atoms with van der Waals surface area (Å²) in [7, 11) is 0. The lowest BCUT2D eigenvalue weighted by Gasteiger charge is -2.50. The van der Waals surface area contributed by atoms with Gasteiger partial charge in [-0.15, -0.1) is 0 Å². The van der Waals surface area contributed by atoms with Gasteiger partial charge in [0, 0.05) is 56.5 Å². The Kier molecular flexibility index (Phi) is 9.99. The minimum absolute atomic E-state index is 0.0540. The van der Waals surface area contributed by atoms with Gasteiger partial charge in [0.05, 0.1) is 23.0 Å². The molecule has 244 valence electrons. The second-order valence-electron chi connectivity index (χ2n) is 13.6. The number of rotatable bonds is 9. The van der Waals surface area contributed by atoms with Crippen LogP contribution in [0.5, 0.6) is 0 Å². The summed E-state index contributed by atoms with van der Waals surface area (Å²) >= 11 is 0. The van der Waals surface area contributed by atoms with E-state index in [0.29, 0.717) is 18.2 Å². The molecule has 0 bridgehead atoms. The van der Waals surface area contributed by atoms with Crippen molar-refractivity contribution in [1.29, 1.82) is 0 Å². The summed E-state index contributed by atoms with van der Waals surface area (Å²) < 4.78 is 0. The summed E-state index contributed by atoms with van der Waals surface area (Å²) in [6, 6.07) is 19.9. The molecule has 2 N–H and O–H groups in total. The molecule has 2 aromatic carbocycles. The van der Waals surface area contributed by atoms with Crippen molar-refractivity contribution in [3.63, 3.8) is 0 Å². The van der Waals surface area contributed by atoms with Crippen LogP contribution in [-0.4, -0.2) is 81.9 Å². The molecule has 3 aliphatic heterocycles. The third kappa shape index (κ3) is 7.26. The van der Waals surface area contributed by atoms with Crippen molar-refractivity contribution in [3.8, 4) is 0 Å². The number of hydrogen-bond donors (Lipinski definition) is 2. The number of carbonyl (C=O) groups excluding carboxylic acids is 2. The average Bonchev–Trinajstić information content (AvgIpc) is 3.63. The van der Waals surface area contributed by atoms with E-state index in [1.165, 1.54) is 17.6 Å². The number of aromatic nitrogens is 2. The number of aryl methyl sites for hydroxylation is 2. The molecule has 9 nitrogen and oxygen atoms in total. The normalized spacial score (nSPS) is 20.4. The van der Waals surface area contributed by atoms with Gasteiger partial charge in [-0.1, -0.05) is 42.5 Å². The standard InChI is InChI=1S/C37H49N7O2/c1-27-34(28(2)41-26-40-27)36(46)42-22-17-37(3,18-23-42)43-20-15-32(16-21-43)44(25-30-8-5-4-6-9-30)31-13-11-29(12-14-31)24-39-35(45)33-10-7-19-38-33/h4-6,8-9,11-14,26,32-33,38H,7,10,15-25H2,1-3H3,(H,39,45). The first-order valence-electron chi connectivity index (χ1n) is 17.0. The fraction of sp³-hybridized carbons (Fsp3) is 0.514. The van der Waals surface area contributed by atoms with Crippen LogP contribution >= 0.6 is 0 Å². The van der Waals surface area contributed by atoms with Crippen molar-refractivity contribution in [2.45, 2.75) is 90.0 Å². The van der Waals surface area contributed by atoms with Crippen molar-refractivity contribution in [3.05, 3.63) is 89.0 Å². The maximum atomic E-state index is 13.4. The number of anilines is 1. The molecule has 3 aromatic rings. The van der Waals surface area contributed by atoms with Crippen LogP contribution in [0.4, 0.5) is 5.69 Å². The first kappa shape index (κ1) is 32.1. The first-order valence-corrected chi connectivity index (χ1v) is 17.0. The SMILES string of the molecule is Cc1ncnc(C)c1C(=O)N1CCC(C)(N2CCC(N(Cc3ccccc3)c3ccc(CNC(=O)C4CCCN4)cc3)CC2)CC1. The molecular weight excluding hydrogens is 574 g/mol. The van der Waals surface area contributed by atoms with Crippen LogP contribution in [0, 0.1) is 13.8 Å². The number of hydrogen-bond acceptors (Lipinski definition) is 7. The first-order chi connectivity index (χ1) is 22.3. The van der Waals surface area contributed by atoms with Gasteiger partial charge in [0.2, 0.25) is 5.91 Å². The summed E-state index contributed by atoms with van der Waals surface area (Å²) in [5.41, 5.74) is 5.91. The van der Waals surface area contributed by atoms with Gasteiger partial charge in [-0.3, -0.25) is 14.5 Å². The van der Waals surface area contributed by atoms with E-state index in [1.54, 1.807) is 0 Å². The number of likely N-dealkylation sites (tertiary alicyclic amines) is 2. The Morgan fingerprint density at radius 1 is 0.913 bits per heavy atom. The second kappa shape index (κ2) is 14.3. The lowest BCUT2D eigenvalue weighted by atomic mass is 9.85. The van der Waals surface area contributed by atoms with E-state index in [2.05, 4.69) is 91.9 Å². The topological polar surface area (TPSA) is 93.7 Å². The van der Waals surface area contributed by atoms with E-state index in [1.807, 2.05) is 18.7 Å². The quantitative estimate of drug-likeness (QED) is 0.359. The Morgan fingerprint density at radius 3 is 2.22 bits per heavy atom. The van der Waals surface area contributed by atoms with Crippen molar-refractivity contribution >= 4 is 17.5 Å². The van der Waals surface area contributed by atoms with E-state index in [0.717, 1.165) is 94.7 Å². The second-order valence-corrected chi connectivity index (χ2v) is 13.6. The largest absolute Gasteiger partial charge is 0.364 e. The Hall–Kier alpha value is -3.82. The maximum Gasteiger partial charge on any atom is 0.257 e. The lowest BCUT2D eigenvalue weighted by molar-refractivity contribution is -0.122. The fourth-order valence-electron chi connectivity index (χ4n) is 7.52. The van der Waals surface area contributed by atoms with Gasteiger partial charge in [-0.05, 0) is 89.1 Å².